The number of aromatic nitrogens is 2. The van der Waals surface area contributed by atoms with Crippen molar-refractivity contribution in [1.82, 2.24) is 9.78 Å². The lowest BCUT2D eigenvalue weighted by atomic mass is 10.1. The summed E-state index contributed by atoms with van der Waals surface area (Å²) in [6, 6.07) is 6.23. The Kier molecular flexibility index (Phi) is 3.03. The fourth-order valence-corrected chi connectivity index (χ4v) is 2.31. The van der Waals surface area contributed by atoms with Crippen molar-refractivity contribution in [3.05, 3.63) is 36.2 Å². The van der Waals surface area contributed by atoms with Crippen molar-refractivity contribution in [2.45, 2.75) is 11.8 Å². The number of nitrogens with zero attached hydrogens (tertiary/aromatic N) is 2. The highest BCUT2D eigenvalue weighted by atomic mass is 35.7. The van der Waals surface area contributed by atoms with Crippen LogP contribution in [-0.4, -0.2) is 9.78 Å². The molecule has 1 aromatic carbocycles. The van der Waals surface area contributed by atoms with E-state index < -0.39 is 0 Å². The minimum absolute atomic E-state index is 1.10. The third-order valence-corrected chi connectivity index (χ3v) is 3.42. The number of benzene rings is 1. The van der Waals surface area contributed by atoms with Crippen LogP contribution >= 0.6 is 21.7 Å². The molecule has 0 amide bonds. The molecule has 0 unspecified atom stereocenters. The zero-order valence-corrected chi connectivity index (χ0v) is 10.1. The summed E-state index contributed by atoms with van der Waals surface area (Å²) in [4.78, 5) is 1.10. The first-order valence-electron chi connectivity index (χ1n) is 4.59. The Hall–Kier alpha value is -0.930. The number of hydrogen-bond donors (Lipinski definition) is 0. The van der Waals surface area contributed by atoms with Gasteiger partial charge in [-0.1, -0.05) is 12.1 Å². The van der Waals surface area contributed by atoms with E-state index in [1.165, 1.54) is 22.1 Å². The first kappa shape index (κ1) is 10.6. The van der Waals surface area contributed by atoms with Gasteiger partial charge in [-0.2, -0.15) is 5.10 Å². The topological polar surface area (TPSA) is 17.8 Å². The summed E-state index contributed by atoms with van der Waals surface area (Å²) in [5, 5.41) is 4.15. The lowest BCUT2D eigenvalue weighted by Crippen LogP contribution is -1.84. The van der Waals surface area contributed by atoms with Crippen molar-refractivity contribution >= 4 is 21.7 Å². The molecule has 15 heavy (non-hydrogen) atoms. The molecule has 0 spiro atoms. The third-order valence-electron chi connectivity index (χ3n) is 2.30. The first-order valence-corrected chi connectivity index (χ1v) is 6.23. The van der Waals surface area contributed by atoms with Crippen LogP contribution in [0.1, 0.15) is 5.56 Å². The number of hydrogen-bond acceptors (Lipinski definition) is 2. The van der Waals surface area contributed by atoms with Crippen molar-refractivity contribution < 1.29 is 0 Å². The average molecular weight is 239 g/mol. The van der Waals surface area contributed by atoms with Crippen molar-refractivity contribution in [3.63, 3.8) is 0 Å². The molecule has 2 aromatic rings. The van der Waals surface area contributed by atoms with Gasteiger partial charge in [0.1, 0.15) is 0 Å². The third kappa shape index (κ3) is 2.19. The van der Waals surface area contributed by atoms with Gasteiger partial charge in [0.2, 0.25) is 0 Å². The molecule has 0 aliphatic carbocycles. The van der Waals surface area contributed by atoms with Gasteiger partial charge in [0.05, 0.1) is 6.20 Å². The van der Waals surface area contributed by atoms with E-state index in [2.05, 4.69) is 24.2 Å². The highest BCUT2D eigenvalue weighted by molar-refractivity contribution is 8.21. The summed E-state index contributed by atoms with van der Waals surface area (Å²) in [6.45, 7) is 2.06. The van der Waals surface area contributed by atoms with Crippen LogP contribution in [0.5, 0.6) is 0 Å². The predicted molar refractivity (Wildman–Crippen MR) is 65.1 cm³/mol. The van der Waals surface area contributed by atoms with Crippen LogP contribution in [0.25, 0.3) is 11.1 Å². The van der Waals surface area contributed by atoms with E-state index in [-0.39, 0.29) is 0 Å². The molecular formula is C11H11ClN2S. The van der Waals surface area contributed by atoms with Gasteiger partial charge in [0.25, 0.3) is 0 Å². The molecular weight excluding hydrogens is 228 g/mol. The zero-order valence-electron chi connectivity index (χ0n) is 8.57. The maximum Gasteiger partial charge on any atom is 0.0568 e. The molecule has 1 heterocycles. The highest BCUT2D eigenvalue weighted by Gasteiger charge is 2.03. The summed E-state index contributed by atoms with van der Waals surface area (Å²) in [6.07, 6.45) is 3.87. The monoisotopic (exact) mass is 238 g/mol. The van der Waals surface area contributed by atoms with Gasteiger partial charge in [-0.25, -0.2) is 0 Å². The molecule has 0 saturated heterocycles. The number of halogens is 1. The predicted octanol–water partition coefficient (Wildman–Crippen LogP) is 3.64. The molecule has 2 rings (SSSR count). The largest absolute Gasteiger partial charge is 0.275 e. The normalized spacial score (nSPS) is 10.6. The molecule has 0 fully saturated rings. The van der Waals surface area contributed by atoms with E-state index >= 15 is 0 Å². The van der Waals surface area contributed by atoms with Gasteiger partial charge in [0, 0.05) is 23.7 Å². The molecule has 0 N–H and O–H groups in total. The van der Waals surface area contributed by atoms with E-state index in [1.807, 2.05) is 25.5 Å². The number of rotatable bonds is 2. The van der Waals surface area contributed by atoms with Gasteiger partial charge in [0.15, 0.2) is 0 Å². The minimum atomic E-state index is 1.10. The summed E-state index contributed by atoms with van der Waals surface area (Å²) in [5.74, 6) is 0. The fraction of sp³-hybridized carbons (Fsp3) is 0.182. The van der Waals surface area contributed by atoms with Crippen LogP contribution in [0.3, 0.4) is 0 Å². The number of aryl methyl sites for hydroxylation is 2. The van der Waals surface area contributed by atoms with Crippen molar-refractivity contribution in [2.75, 3.05) is 0 Å². The van der Waals surface area contributed by atoms with Gasteiger partial charge >= 0.3 is 0 Å². The second kappa shape index (κ2) is 4.29. The van der Waals surface area contributed by atoms with Crippen LogP contribution in [-0.2, 0) is 7.05 Å². The molecule has 0 bridgehead atoms. The Morgan fingerprint density at radius 1 is 1.33 bits per heavy atom. The standard InChI is InChI=1S/C11H11ClN2S/c1-8-5-9(3-4-11(8)15-12)10-6-13-14(2)7-10/h3-7H,1-2H3. The van der Waals surface area contributed by atoms with Gasteiger partial charge in [-0.05, 0) is 45.8 Å². The van der Waals surface area contributed by atoms with Crippen LogP contribution in [0.15, 0.2) is 35.5 Å². The maximum atomic E-state index is 5.73. The van der Waals surface area contributed by atoms with E-state index in [1.54, 1.807) is 4.68 Å². The molecule has 0 aliphatic heterocycles. The quantitative estimate of drug-likeness (QED) is 0.795. The van der Waals surface area contributed by atoms with E-state index in [4.69, 9.17) is 10.7 Å². The SMILES string of the molecule is Cc1cc(-c2cnn(C)c2)ccc1SCl. The smallest absolute Gasteiger partial charge is 0.0568 e. The second-order valence-electron chi connectivity index (χ2n) is 3.46. The Morgan fingerprint density at radius 2 is 2.13 bits per heavy atom. The zero-order chi connectivity index (χ0) is 10.8. The molecule has 2 nitrogen and oxygen atoms in total. The van der Waals surface area contributed by atoms with E-state index in [9.17, 15) is 0 Å². The molecule has 0 atom stereocenters. The van der Waals surface area contributed by atoms with Crippen molar-refractivity contribution in [3.8, 4) is 11.1 Å². The minimum Gasteiger partial charge on any atom is -0.275 e. The Morgan fingerprint density at radius 3 is 2.67 bits per heavy atom. The fourth-order valence-electron chi connectivity index (χ4n) is 1.49. The van der Waals surface area contributed by atoms with Crippen molar-refractivity contribution in [1.29, 1.82) is 0 Å². The second-order valence-corrected chi connectivity index (χ2v) is 4.52. The average Bonchev–Trinajstić information content (AvgIpc) is 2.65. The van der Waals surface area contributed by atoms with E-state index in [0.29, 0.717) is 0 Å². The lowest BCUT2D eigenvalue weighted by Gasteiger charge is -2.03. The summed E-state index contributed by atoms with van der Waals surface area (Å²) in [5.41, 5.74) is 3.50. The first-order chi connectivity index (χ1) is 7.20. The lowest BCUT2D eigenvalue weighted by molar-refractivity contribution is 0.768. The Balaban J connectivity index is 2.42. The van der Waals surface area contributed by atoms with Crippen LogP contribution in [0, 0.1) is 6.92 Å². The van der Waals surface area contributed by atoms with Gasteiger partial charge in [-0.15, -0.1) is 0 Å². The summed E-state index contributed by atoms with van der Waals surface area (Å²) in [7, 11) is 8.91. The van der Waals surface area contributed by atoms with Crippen molar-refractivity contribution in [2.24, 2.45) is 7.05 Å². The Labute approximate surface area is 97.8 Å². The maximum absolute atomic E-state index is 5.73. The molecule has 78 valence electrons. The highest BCUT2D eigenvalue weighted by Crippen LogP contribution is 2.29. The molecule has 0 saturated carbocycles. The van der Waals surface area contributed by atoms with Crippen LogP contribution < -0.4 is 0 Å². The van der Waals surface area contributed by atoms with Gasteiger partial charge in [-0.3, -0.25) is 4.68 Å². The molecule has 0 radical (unpaired) electrons. The molecule has 1 aromatic heterocycles. The molecule has 0 aliphatic rings. The van der Waals surface area contributed by atoms with E-state index in [0.717, 1.165) is 10.5 Å². The summed E-state index contributed by atoms with van der Waals surface area (Å²) >= 11 is 0. The van der Waals surface area contributed by atoms with Gasteiger partial charge < -0.3 is 0 Å². The molecule has 4 heteroatoms. The summed E-state index contributed by atoms with van der Waals surface area (Å²) < 4.78 is 1.80. The van der Waals surface area contributed by atoms with Crippen LogP contribution in [0.4, 0.5) is 0 Å². The Bertz CT molecular complexity index is 479. The van der Waals surface area contributed by atoms with Crippen LogP contribution in [0.2, 0.25) is 0 Å².